The van der Waals surface area contributed by atoms with E-state index in [1.54, 1.807) is 0 Å². The third kappa shape index (κ3) is 4.82. The maximum atomic E-state index is 11.9. The van der Waals surface area contributed by atoms with Gasteiger partial charge in [-0.2, -0.15) is 0 Å². The smallest absolute Gasteiger partial charge is 0.224 e. The molecule has 0 heterocycles. The van der Waals surface area contributed by atoms with Crippen molar-refractivity contribution >= 4 is 22.4 Å². The van der Waals surface area contributed by atoms with Gasteiger partial charge in [0, 0.05) is 18.5 Å². The minimum Gasteiger partial charge on any atom is -0.353 e. The lowest BCUT2D eigenvalue weighted by Gasteiger charge is -2.09. The van der Waals surface area contributed by atoms with Crippen LogP contribution in [0.3, 0.4) is 0 Å². The Labute approximate surface area is 124 Å². The van der Waals surface area contributed by atoms with Crippen molar-refractivity contribution in [1.82, 2.24) is 0 Å². The Hall–Kier alpha value is -1.95. The van der Waals surface area contributed by atoms with Crippen LogP contribution in [0.15, 0.2) is 42.5 Å². The minimum absolute atomic E-state index is 0.0173. The van der Waals surface area contributed by atoms with E-state index < -0.39 is 0 Å². The number of nitrogens with one attached hydrogen (secondary N) is 1. The molecule has 1 amide bonds. The molecular weight excluding hydrogens is 268 g/mol. The maximum Gasteiger partial charge on any atom is 0.224 e. The highest BCUT2D eigenvalue weighted by molar-refractivity contribution is 5.94. The number of rotatable bonds is 7. The summed E-state index contributed by atoms with van der Waals surface area (Å²) in [6, 6.07) is 14.0. The second kappa shape index (κ2) is 7.73. The van der Waals surface area contributed by atoms with Gasteiger partial charge < -0.3 is 11.1 Å². The van der Waals surface area contributed by atoms with Gasteiger partial charge in [-0.05, 0) is 22.9 Å². The van der Waals surface area contributed by atoms with Crippen LogP contribution in [0.1, 0.15) is 12.8 Å². The van der Waals surface area contributed by atoms with Crippen molar-refractivity contribution in [3.63, 3.8) is 0 Å². The van der Waals surface area contributed by atoms with E-state index in [4.69, 9.17) is 4.89 Å². The summed E-state index contributed by atoms with van der Waals surface area (Å²) in [6.45, 7) is 0.389. The first kappa shape index (κ1) is 15.4. The third-order valence-electron chi connectivity index (χ3n) is 3.23. The largest absolute Gasteiger partial charge is 0.353 e. The maximum absolute atomic E-state index is 11.9. The summed E-state index contributed by atoms with van der Waals surface area (Å²) in [5.74, 6) is -0.0173. The predicted molar refractivity (Wildman–Crippen MR) is 81.4 cm³/mol. The molecule has 0 fully saturated rings. The van der Waals surface area contributed by atoms with Crippen LogP contribution in [0.5, 0.6) is 0 Å². The lowest BCUT2D eigenvalue weighted by molar-refractivity contribution is -0.447. The first-order valence-corrected chi connectivity index (χ1v) is 6.96. The van der Waals surface area contributed by atoms with Gasteiger partial charge in [0.15, 0.2) is 0 Å². The van der Waals surface area contributed by atoms with E-state index in [9.17, 15) is 4.79 Å². The van der Waals surface area contributed by atoms with E-state index in [-0.39, 0.29) is 11.9 Å². The Morgan fingerprint density at radius 3 is 2.76 bits per heavy atom. The fraction of sp³-hybridized carbons (Fsp3) is 0.312. The summed E-state index contributed by atoms with van der Waals surface area (Å²) in [5, 5.41) is 5.17. The van der Waals surface area contributed by atoms with Crippen LogP contribution >= 0.6 is 0 Å². The third-order valence-corrected chi connectivity index (χ3v) is 3.23. The molecule has 21 heavy (non-hydrogen) atoms. The average Bonchev–Trinajstić information content (AvgIpc) is 2.50. The minimum atomic E-state index is -0.0173. The molecule has 5 nitrogen and oxygen atoms in total. The molecule has 0 aliphatic heterocycles. The van der Waals surface area contributed by atoms with Crippen LogP contribution in [0, 0.1) is 0 Å². The molecule has 112 valence electrons. The van der Waals surface area contributed by atoms with Gasteiger partial charge in [-0.1, -0.05) is 30.3 Å². The quantitative estimate of drug-likeness (QED) is 0.602. The van der Waals surface area contributed by atoms with Crippen molar-refractivity contribution in [3.8, 4) is 0 Å². The number of carbonyl (C=O) groups is 1. The molecule has 0 bridgehead atoms. The van der Waals surface area contributed by atoms with Gasteiger partial charge in [0.05, 0.1) is 7.11 Å². The predicted octanol–water partition coefficient (Wildman–Crippen LogP) is 1.75. The molecule has 1 atom stereocenters. The van der Waals surface area contributed by atoms with Gasteiger partial charge in [-0.15, -0.1) is 0 Å². The van der Waals surface area contributed by atoms with Crippen molar-refractivity contribution in [2.24, 2.45) is 0 Å². The second-order valence-electron chi connectivity index (χ2n) is 4.97. The van der Waals surface area contributed by atoms with Gasteiger partial charge in [-0.3, -0.25) is 4.79 Å². The van der Waals surface area contributed by atoms with Gasteiger partial charge >= 0.3 is 0 Å². The van der Waals surface area contributed by atoms with Gasteiger partial charge in [0.2, 0.25) is 5.91 Å². The molecule has 2 rings (SSSR count). The topological polar surface area (TPSA) is 75.2 Å². The molecule has 0 unspecified atom stereocenters. The van der Waals surface area contributed by atoms with Crippen molar-refractivity contribution < 1.29 is 20.3 Å². The van der Waals surface area contributed by atoms with Crippen molar-refractivity contribution in [3.05, 3.63) is 42.5 Å². The van der Waals surface area contributed by atoms with Gasteiger partial charge in [0.1, 0.15) is 12.6 Å². The monoisotopic (exact) mass is 289 g/mol. The number of fused-ring (bicyclic) bond motifs is 1. The van der Waals surface area contributed by atoms with Crippen LogP contribution < -0.4 is 11.1 Å². The molecule has 0 saturated heterocycles. The summed E-state index contributed by atoms with van der Waals surface area (Å²) >= 11 is 0. The summed E-state index contributed by atoms with van der Waals surface area (Å²) in [7, 11) is 1.46. The summed E-state index contributed by atoms with van der Waals surface area (Å²) in [6.07, 6.45) is 1.07. The van der Waals surface area contributed by atoms with Crippen LogP contribution in [-0.4, -0.2) is 25.7 Å². The Morgan fingerprint density at radius 1 is 1.24 bits per heavy atom. The second-order valence-corrected chi connectivity index (χ2v) is 4.97. The summed E-state index contributed by atoms with van der Waals surface area (Å²) in [5.41, 5.74) is 4.72. The Balaban J connectivity index is 1.86. The van der Waals surface area contributed by atoms with Crippen LogP contribution in [-0.2, 0) is 14.6 Å². The molecule has 4 N–H and O–H groups in total. The molecule has 2 aromatic rings. The van der Waals surface area contributed by atoms with E-state index in [0.717, 1.165) is 16.5 Å². The Bertz CT molecular complexity index is 601. The van der Waals surface area contributed by atoms with Crippen LogP contribution in [0.2, 0.25) is 0 Å². The fourth-order valence-corrected chi connectivity index (χ4v) is 2.07. The molecule has 0 aromatic heterocycles. The van der Waals surface area contributed by atoms with E-state index in [1.807, 2.05) is 42.5 Å². The van der Waals surface area contributed by atoms with Crippen molar-refractivity contribution in [1.29, 1.82) is 0 Å². The number of hydrogen-bond acceptors (Lipinski definition) is 3. The zero-order chi connectivity index (χ0) is 15.1. The lowest BCUT2D eigenvalue weighted by atomic mass is 10.1. The zero-order valence-electron chi connectivity index (χ0n) is 12.2. The number of carbonyl (C=O) groups excluding carboxylic acids is 1. The summed E-state index contributed by atoms with van der Waals surface area (Å²) < 4.78 is 0. The normalized spacial score (nSPS) is 12.3. The van der Waals surface area contributed by atoms with Crippen LogP contribution in [0.25, 0.3) is 10.8 Å². The number of hydrogen-bond donors (Lipinski definition) is 2. The summed E-state index contributed by atoms with van der Waals surface area (Å²) in [4.78, 5) is 21.2. The first-order chi connectivity index (χ1) is 10.2. The van der Waals surface area contributed by atoms with Gasteiger partial charge in [0.25, 0.3) is 0 Å². The molecule has 0 aliphatic rings. The molecule has 0 spiro atoms. The number of amides is 1. The molecular formula is C16H21N2O3+. The number of anilines is 1. The Morgan fingerprint density at radius 2 is 2.00 bits per heavy atom. The van der Waals surface area contributed by atoms with E-state index in [0.29, 0.717) is 19.4 Å². The number of quaternary nitrogens is 1. The highest BCUT2D eigenvalue weighted by atomic mass is 17.2. The van der Waals surface area contributed by atoms with E-state index in [1.165, 1.54) is 7.11 Å². The van der Waals surface area contributed by atoms with Crippen molar-refractivity contribution in [2.75, 3.05) is 19.0 Å². The number of benzene rings is 2. The molecule has 5 heteroatoms. The average molecular weight is 289 g/mol. The fourth-order valence-electron chi connectivity index (χ4n) is 2.07. The van der Waals surface area contributed by atoms with Crippen LogP contribution in [0.4, 0.5) is 5.69 Å². The highest BCUT2D eigenvalue weighted by Crippen LogP contribution is 2.19. The zero-order valence-corrected chi connectivity index (χ0v) is 12.2. The Kier molecular flexibility index (Phi) is 5.68. The standard InChI is InChI=1S/C16H20N2O3/c1-20-21-11-14(17)7-9-16(19)18-15-8-6-12-4-2-3-5-13(12)10-15/h2-6,8,10,14H,7,9,11,17H2,1H3,(H,18,19)/p+1/t14-/m0/s1. The highest BCUT2D eigenvalue weighted by Gasteiger charge is 2.10. The van der Waals surface area contributed by atoms with Crippen molar-refractivity contribution in [2.45, 2.75) is 18.9 Å². The SMILES string of the molecule is COOC[C@@H]([NH3+])CCC(=O)Nc1ccc2ccccc2c1. The molecule has 2 aromatic carbocycles. The van der Waals surface area contributed by atoms with Gasteiger partial charge in [-0.25, -0.2) is 9.78 Å². The molecule has 0 aliphatic carbocycles. The molecule has 0 radical (unpaired) electrons. The van der Waals surface area contributed by atoms with E-state index >= 15 is 0 Å². The first-order valence-electron chi connectivity index (χ1n) is 6.96. The lowest BCUT2D eigenvalue weighted by Crippen LogP contribution is -2.63. The van der Waals surface area contributed by atoms with E-state index in [2.05, 4.69) is 15.9 Å². The molecule has 0 saturated carbocycles.